The third kappa shape index (κ3) is 3.30. The quantitative estimate of drug-likeness (QED) is 0.589. The van der Waals surface area contributed by atoms with Crippen molar-refractivity contribution in [2.24, 2.45) is 0 Å². The first kappa shape index (κ1) is 14.8. The van der Waals surface area contributed by atoms with Gasteiger partial charge in [-0.15, -0.1) is 0 Å². The molecule has 0 bridgehead atoms. The summed E-state index contributed by atoms with van der Waals surface area (Å²) in [6.07, 6.45) is 0. The number of alkyl halides is 1. The van der Waals surface area contributed by atoms with Crippen LogP contribution >= 0.6 is 43.5 Å². The van der Waals surface area contributed by atoms with Gasteiger partial charge in [0.25, 0.3) is 0 Å². The van der Waals surface area contributed by atoms with E-state index in [4.69, 9.17) is 16.3 Å². The lowest BCUT2D eigenvalue weighted by atomic mass is 10.0. The van der Waals surface area contributed by atoms with Crippen LogP contribution in [0.5, 0.6) is 5.75 Å². The van der Waals surface area contributed by atoms with E-state index < -0.39 is 0 Å². The Labute approximate surface area is 133 Å². The summed E-state index contributed by atoms with van der Waals surface area (Å²) in [5.74, 6) is 0.404. The molecule has 19 heavy (non-hydrogen) atoms. The first-order valence-electron chi connectivity index (χ1n) is 5.45. The minimum Gasteiger partial charge on any atom is -0.496 e. The molecule has 0 amide bonds. The summed E-state index contributed by atoms with van der Waals surface area (Å²) in [5.41, 5.74) is 1.86. The minimum absolute atomic E-state index is 0.100. The van der Waals surface area contributed by atoms with E-state index in [1.807, 2.05) is 6.07 Å². The monoisotopic (exact) mass is 406 g/mol. The van der Waals surface area contributed by atoms with Gasteiger partial charge in [0.15, 0.2) is 0 Å². The number of benzene rings is 2. The summed E-state index contributed by atoms with van der Waals surface area (Å²) in [6.45, 7) is 0. The van der Waals surface area contributed by atoms with Gasteiger partial charge in [-0.2, -0.15) is 0 Å². The molecule has 0 fully saturated rings. The van der Waals surface area contributed by atoms with Crippen LogP contribution < -0.4 is 4.74 Å². The maximum Gasteiger partial charge on any atom is 0.137 e. The van der Waals surface area contributed by atoms with E-state index in [0.29, 0.717) is 15.2 Å². The summed E-state index contributed by atoms with van der Waals surface area (Å²) >= 11 is 12.7. The molecule has 0 heterocycles. The molecule has 0 radical (unpaired) electrons. The first-order valence-corrected chi connectivity index (χ1v) is 7.54. The van der Waals surface area contributed by atoms with Crippen LogP contribution in [0, 0.1) is 5.82 Å². The van der Waals surface area contributed by atoms with E-state index in [1.165, 1.54) is 6.07 Å². The fraction of sp³-hybridized carbons (Fsp3) is 0.143. The average Bonchev–Trinajstić information content (AvgIpc) is 2.41. The highest BCUT2D eigenvalue weighted by atomic mass is 79.9. The molecule has 5 heteroatoms. The zero-order valence-corrected chi connectivity index (χ0v) is 13.9. The molecule has 0 aliphatic carbocycles. The highest BCUT2D eigenvalue weighted by Gasteiger charge is 2.16. The lowest BCUT2D eigenvalue weighted by molar-refractivity contribution is 0.410. The van der Waals surface area contributed by atoms with Crippen LogP contribution in [-0.4, -0.2) is 7.11 Å². The van der Waals surface area contributed by atoms with E-state index >= 15 is 0 Å². The van der Waals surface area contributed by atoms with Gasteiger partial charge < -0.3 is 4.74 Å². The second kappa shape index (κ2) is 6.25. The molecule has 0 aromatic heterocycles. The molecule has 0 saturated carbocycles. The van der Waals surface area contributed by atoms with Crippen LogP contribution in [0.3, 0.4) is 0 Å². The highest BCUT2D eigenvalue weighted by molar-refractivity contribution is 9.10. The number of ether oxygens (including phenoxy) is 1. The van der Waals surface area contributed by atoms with Gasteiger partial charge >= 0.3 is 0 Å². The summed E-state index contributed by atoms with van der Waals surface area (Å²) in [5, 5.41) is 0.612. The van der Waals surface area contributed by atoms with Crippen molar-refractivity contribution in [3.8, 4) is 5.75 Å². The third-order valence-electron chi connectivity index (χ3n) is 2.70. The molecule has 0 N–H and O–H groups in total. The molecule has 0 saturated heterocycles. The lowest BCUT2D eigenvalue weighted by Crippen LogP contribution is -1.97. The summed E-state index contributed by atoms with van der Waals surface area (Å²) < 4.78 is 19.0. The van der Waals surface area contributed by atoms with Crippen LogP contribution in [0.25, 0.3) is 0 Å². The maximum absolute atomic E-state index is 13.3. The molecule has 2 aromatic carbocycles. The van der Waals surface area contributed by atoms with Crippen LogP contribution in [0.2, 0.25) is 5.02 Å². The van der Waals surface area contributed by atoms with Gasteiger partial charge in [-0.25, -0.2) is 4.39 Å². The Morgan fingerprint density at radius 1 is 1.21 bits per heavy atom. The number of hydrogen-bond donors (Lipinski definition) is 0. The normalized spacial score (nSPS) is 12.3. The van der Waals surface area contributed by atoms with Gasteiger partial charge in [-0.3, -0.25) is 0 Å². The Balaban J connectivity index is 2.43. The minimum atomic E-state index is -0.286. The van der Waals surface area contributed by atoms with Crippen LogP contribution in [0.1, 0.15) is 16.0 Å². The first-order chi connectivity index (χ1) is 9.02. The van der Waals surface area contributed by atoms with Gasteiger partial charge in [0.1, 0.15) is 11.6 Å². The van der Waals surface area contributed by atoms with E-state index in [1.54, 1.807) is 31.4 Å². The average molecular weight is 408 g/mol. The van der Waals surface area contributed by atoms with Gasteiger partial charge in [-0.1, -0.05) is 39.7 Å². The van der Waals surface area contributed by atoms with Crippen molar-refractivity contribution >= 4 is 43.5 Å². The van der Waals surface area contributed by atoms with Crippen LogP contribution in [-0.2, 0) is 0 Å². The number of methoxy groups -OCH3 is 1. The van der Waals surface area contributed by atoms with E-state index in [0.717, 1.165) is 11.1 Å². The predicted molar refractivity (Wildman–Crippen MR) is 82.9 cm³/mol. The van der Waals surface area contributed by atoms with Crippen molar-refractivity contribution < 1.29 is 9.13 Å². The fourth-order valence-corrected chi connectivity index (χ4v) is 2.97. The number of hydrogen-bond acceptors (Lipinski definition) is 1. The smallest absolute Gasteiger partial charge is 0.137 e. The summed E-state index contributed by atoms with van der Waals surface area (Å²) in [7, 11) is 1.59. The van der Waals surface area contributed by atoms with E-state index in [2.05, 4.69) is 31.9 Å². The van der Waals surface area contributed by atoms with Crippen molar-refractivity contribution in [3.63, 3.8) is 0 Å². The molecular weight excluding hydrogens is 398 g/mol. The molecule has 0 spiro atoms. The summed E-state index contributed by atoms with van der Waals surface area (Å²) in [4.78, 5) is -0.100. The van der Waals surface area contributed by atoms with E-state index in [9.17, 15) is 4.39 Å². The molecule has 1 atom stereocenters. The van der Waals surface area contributed by atoms with Crippen molar-refractivity contribution in [2.75, 3.05) is 7.11 Å². The van der Waals surface area contributed by atoms with Crippen molar-refractivity contribution in [1.29, 1.82) is 0 Å². The SMILES string of the molecule is COc1cc(Cl)ccc1C(Br)c1ccc(F)c(Br)c1. The molecule has 1 nitrogen and oxygen atoms in total. The largest absolute Gasteiger partial charge is 0.496 e. The van der Waals surface area contributed by atoms with E-state index in [-0.39, 0.29) is 10.6 Å². The Kier molecular flexibility index (Phi) is 4.87. The maximum atomic E-state index is 13.3. The molecule has 0 aliphatic heterocycles. The Morgan fingerprint density at radius 2 is 1.95 bits per heavy atom. The number of halogens is 4. The molecule has 1 unspecified atom stereocenters. The topological polar surface area (TPSA) is 9.23 Å². The molecular formula is C14H10Br2ClFO. The van der Waals surface area contributed by atoms with Gasteiger partial charge in [-0.05, 0) is 45.8 Å². The molecule has 0 aliphatic rings. The van der Waals surface area contributed by atoms with Crippen LogP contribution in [0.4, 0.5) is 4.39 Å². The van der Waals surface area contributed by atoms with Crippen LogP contribution in [0.15, 0.2) is 40.9 Å². The zero-order valence-electron chi connectivity index (χ0n) is 9.96. The van der Waals surface area contributed by atoms with Gasteiger partial charge in [0.05, 0.1) is 16.4 Å². The lowest BCUT2D eigenvalue weighted by Gasteiger charge is -2.15. The Morgan fingerprint density at radius 3 is 2.58 bits per heavy atom. The fourth-order valence-electron chi connectivity index (χ4n) is 1.74. The van der Waals surface area contributed by atoms with Crippen molar-refractivity contribution in [2.45, 2.75) is 4.83 Å². The second-order valence-corrected chi connectivity index (χ2v) is 6.13. The number of rotatable bonds is 3. The zero-order chi connectivity index (χ0) is 14.0. The predicted octanol–water partition coefficient (Wildman–Crippen LogP) is 5.73. The van der Waals surface area contributed by atoms with Gasteiger partial charge in [0.2, 0.25) is 0 Å². The Bertz CT molecular complexity index is 604. The Hall–Kier alpha value is -0.580. The second-order valence-electron chi connectivity index (χ2n) is 3.92. The molecule has 2 rings (SSSR count). The molecule has 2 aromatic rings. The third-order valence-corrected chi connectivity index (χ3v) is 4.57. The summed E-state index contributed by atoms with van der Waals surface area (Å²) in [6, 6.07) is 10.3. The molecule has 100 valence electrons. The van der Waals surface area contributed by atoms with Crippen molar-refractivity contribution in [1.82, 2.24) is 0 Å². The standard InChI is InChI=1S/C14H10Br2ClFO/c1-19-13-7-9(17)3-4-10(13)14(16)8-2-5-12(18)11(15)6-8/h2-7,14H,1H3. The van der Waals surface area contributed by atoms with Gasteiger partial charge in [0, 0.05) is 10.6 Å². The van der Waals surface area contributed by atoms with Crippen molar-refractivity contribution in [3.05, 3.63) is 62.8 Å². The highest BCUT2D eigenvalue weighted by Crippen LogP contribution is 2.38.